The van der Waals surface area contributed by atoms with E-state index in [4.69, 9.17) is 10.8 Å². The Morgan fingerprint density at radius 1 is 1.59 bits per heavy atom. The van der Waals surface area contributed by atoms with Gasteiger partial charge in [-0.1, -0.05) is 0 Å². The van der Waals surface area contributed by atoms with Crippen molar-refractivity contribution in [3.63, 3.8) is 0 Å². The Balaban J connectivity index is 2.22. The number of aliphatic hydroxyl groups excluding tert-OH is 1. The van der Waals surface area contributed by atoms with Gasteiger partial charge in [0.05, 0.1) is 0 Å². The van der Waals surface area contributed by atoms with Crippen molar-refractivity contribution in [1.29, 1.82) is 0 Å². The maximum Gasteiger partial charge on any atom is 0.161 e. The number of nitrogen functional groups attached to an aromatic ring is 1. The molecule has 0 saturated carbocycles. The van der Waals surface area contributed by atoms with Gasteiger partial charge in [-0.3, -0.25) is 4.79 Å². The van der Waals surface area contributed by atoms with Crippen LogP contribution in [-0.4, -0.2) is 30.6 Å². The average molecular weight is 234 g/mol. The van der Waals surface area contributed by atoms with Gasteiger partial charge in [0, 0.05) is 42.6 Å². The molecule has 17 heavy (non-hydrogen) atoms. The first kappa shape index (κ1) is 11.9. The van der Waals surface area contributed by atoms with Crippen molar-refractivity contribution in [3.8, 4) is 0 Å². The summed E-state index contributed by atoms with van der Waals surface area (Å²) in [5.74, 6) is 0.329. The number of nitrogens with zero attached hydrogens (tertiary/aromatic N) is 1. The summed E-state index contributed by atoms with van der Waals surface area (Å²) in [7, 11) is 0. The summed E-state index contributed by atoms with van der Waals surface area (Å²) in [5, 5.41) is 9.12. The summed E-state index contributed by atoms with van der Waals surface area (Å²) < 4.78 is 0. The van der Waals surface area contributed by atoms with Gasteiger partial charge in [0.15, 0.2) is 5.78 Å². The van der Waals surface area contributed by atoms with Gasteiger partial charge >= 0.3 is 0 Å². The Hall–Kier alpha value is -1.55. The van der Waals surface area contributed by atoms with Crippen molar-refractivity contribution in [2.75, 3.05) is 30.3 Å². The largest absolute Gasteiger partial charge is 0.398 e. The molecule has 1 heterocycles. The monoisotopic (exact) mass is 234 g/mol. The number of hydrogen-bond donors (Lipinski definition) is 2. The summed E-state index contributed by atoms with van der Waals surface area (Å²) in [4.78, 5) is 13.6. The highest BCUT2D eigenvalue weighted by molar-refractivity contribution is 6.00. The third-order valence-corrected chi connectivity index (χ3v) is 3.33. The van der Waals surface area contributed by atoms with Crippen LogP contribution in [0.3, 0.4) is 0 Å². The molecular weight excluding hydrogens is 216 g/mol. The van der Waals surface area contributed by atoms with E-state index in [0.717, 1.165) is 25.2 Å². The zero-order valence-electron chi connectivity index (χ0n) is 10.0. The first-order valence-electron chi connectivity index (χ1n) is 5.88. The highest BCUT2D eigenvalue weighted by atomic mass is 16.3. The van der Waals surface area contributed by atoms with Crippen molar-refractivity contribution in [2.24, 2.45) is 5.92 Å². The van der Waals surface area contributed by atoms with Gasteiger partial charge in [0.25, 0.3) is 0 Å². The summed E-state index contributed by atoms with van der Waals surface area (Å²) in [6.07, 6.45) is 0.996. The molecule has 0 aliphatic carbocycles. The number of carbonyl (C=O) groups is 1. The summed E-state index contributed by atoms with van der Waals surface area (Å²) in [6, 6.07) is 5.55. The second-order valence-corrected chi connectivity index (χ2v) is 4.61. The molecule has 1 atom stereocenters. The molecule has 92 valence electrons. The Labute approximate surface area is 101 Å². The van der Waals surface area contributed by atoms with Crippen LogP contribution in [0.4, 0.5) is 11.4 Å². The number of rotatable bonds is 3. The molecule has 1 aromatic carbocycles. The molecule has 1 aromatic rings. The predicted molar refractivity (Wildman–Crippen MR) is 68.3 cm³/mol. The maximum absolute atomic E-state index is 11.4. The molecule has 0 bridgehead atoms. The smallest absolute Gasteiger partial charge is 0.161 e. The Morgan fingerprint density at radius 2 is 2.35 bits per heavy atom. The second-order valence-electron chi connectivity index (χ2n) is 4.61. The third-order valence-electron chi connectivity index (χ3n) is 3.33. The van der Waals surface area contributed by atoms with E-state index in [1.54, 1.807) is 6.07 Å². The van der Waals surface area contributed by atoms with Gasteiger partial charge < -0.3 is 15.7 Å². The lowest BCUT2D eigenvalue weighted by atomic mass is 10.1. The van der Waals surface area contributed by atoms with Crippen LogP contribution >= 0.6 is 0 Å². The van der Waals surface area contributed by atoms with E-state index in [1.807, 2.05) is 12.1 Å². The first-order chi connectivity index (χ1) is 8.11. The van der Waals surface area contributed by atoms with Crippen LogP contribution in [0.25, 0.3) is 0 Å². The van der Waals surface area contributed by atoms with Crippen LogP contribution in [-0.2, 0) is 0 Å². The number of Topliss-reactive ketones (excluding diaryl/α,β-unsaturated/α-hetero) is 1. The van der Waals surface area contributed by atoms with Crippen molar-refractivity contribution < 1.29 is 9.90 Å². The predicted octanol–water partition coefficient (Wildman–Crippen LogP) is 1.29. The first-order valence-corrected chi connectivity index (χ1v) is 5.88. The number of aliphatic hydroxyl groups is 1. The van der Waals surface area contributed by atoms with E-state index in [1.165, 1.54) is 6.92 Å². The quantitative estimate of drug-likeness (QED) is 0.611. The Morgan fingerprint density at radius 3 is 2.94 bits per heavy atom. The molecule has 4 nitrogen and oxygen atoms in total. The number of nitrogens with two attached hydrogens (primary N) is 1. The molecule has 1 aliphatic heterocycles. The van der Waals surface area contributed by atoms with Crippen molar-refractivity contribution in [1.82, 2.24) is 0 Å². The zero-order valence-corrected chi connectivity index (χ0v) is 10.0. The van der Waals surface area contributed by atoms with Crippen molar-refractivity contribution in [2.45, 2.75) is 13.3 Å². The maximum atomic E-state index is 11.4. The number of hydrogen-bond acceptors (Lipinski definition) is 4. The van der Waals surface area contributed by atoms with Gasteiger partial charge in [-0.15, -0.1) is 0 Å². The minimum Gasteiger partial charge on any atom is -0.398 e. The molecule has 0 spiro atoms. The number of ketones is 1. The minimum atomic E-state index is -0.0118. The molecule has 4 heteroatoms. The molecule has 0 radical (unpaired) electrons. The van der Waals surface area contributed by atoms with E-state index in [0.29, 0.717) is 17.2 Å². The summed E-state index contributed by atoms with van der Waals surface area (Å²) in [6.45, 7) is 3.52. The fourth-order valence-electron chi connectivity index (χ4n) is 2.26. The van der Waals surface area contributed by atoms with Crippen LogP contribution in [0.5, 0.6) is 0 Å². The van der Waals surface area contributed by atoms with Crippen LogP contribution in [0.2, 0.25) is 0 Å². The number of benzene rings is 1. The van der Waals surface area contributed by atoms with Crippen LogP contribution < -0.4 is 10.6 Å². The Kier molecular flexibility index (Phi) is 3.33. The highest BCUT2D eigenvalue weighted by Crippen LogP contribution is 2.26. The van der Waals surface area contributed by atoms with Crippen LogP contribution in [0.15, 0.2) is 18.2 Å². The van der Waals surface area contributed by atoms with Crippen molar-refractivity contribution >= 4 is 17.2 Å². The molecule has 1 fully saturated rings. The highest BCUT2D eigenvalue weighted by Gasteiger charge is 2.22. The lowest BCUT2D eigenvalue weighted by Gasteiger charge is -2.19. The van der Waals surface area contributed by atoms with Gasteiger partial charge in [-0.05, 0) is 31.5 Å². The average Bonchev–Trinajstić information content (AvgIpc) is 2.78. The molecule has 0 amide bonds. The molecule has 3 N–H and O–H groups in total. The lowest BCUT2D eigenvalue weighted by molar-refractivity contribution is 0.101. The number of carbonyl (C=O) groups excluding carboxylic acids is 1. The lowest BCUT2D eigenvalue weighted by Crippen LogP contribution is -2.21. The molecular formula is C13H18N2O2. The SMILES string of the molecule is CC(=O)c1cc(N2CCC(CO)C2)ccc1N. The van der Waals surface area contributed by atoms with Crippen LogP contribution in [0.1, 0.15) is 23.7 Å². The molecule has 2 rings (SSSR count). The van der Waals surface area contributed by atoms with Crippen molar-refractivity contribution in [3.05, 3.63) is 23.8 Å². The molecule has 1 aliphatic rings. The topological polar surface area (TPSA) is 66.6 Å². The van der Waals surface area contributed by atoms with Crippen LogP contribution in [0, 0.1) is 5.92 Å². The van der Waals surface area contributed by atoms with E-state index in [9.17, 15) is 4.79 Å². The van der Waals surface area contributed by atoms with E-state index < -0.39 is 0 Å². The normalized spacial score (nSPS) is 19.6. The summed E-state index contributed by atoms with van der Waals surface area (Å²) >= 11 is 0. The summed E-state index contributed by atoms with van der Waals surface area (Å²) in [5.41, 5.74) is 7.88. The van der Waals surface area contributed by atoms with E-state index >= 15 is 0 Å². The standard InChI is InChI=1S/C13H18N2O2/c1-9(17)12-6-11(2-3-13(12)14)15-5-4-10(7-15)8-16/h2-3,6,10,16H,4-5,7-8,14H2,1H3. The fourth-order valence-corrected chi connectivity index (χ4v) is 2.26. The van der Waals surface area contributed by atoms with Gasteiger partial charge in [0.2, 0.25) is 0 Å². The number of anilines is 2. The fraction of sp³-hybridized carbons (Fsp3) is 0.462. The van der Waals surface area contributed by atoms with E-state index in [2.05, 4.69) is 4.90 Å². The third kappa shape index (κ3) is 2.42. The molecule has 1 unspecified atom stereocenters. The molecule has 0 aromatic heterocycles. The molecule has 1 saturated heterocycles. The van der Waals surface area contributed by atoms with Gasteiger partial charge in [-0.25, -0.2) is 0 Å². The van der Waals surface area contributed by atoms with Gasteiger partial charge in [-0.2, -0.15) is 0 Å². The Bertz CT molecular complexity index is 431. The zero-order chi connectivity index (χ0) is 12.4. The van der Waals surface area contributed by atoms with Gasteiger partial charge in [0.1, 0.15) is 0 Å². The van der Waals surface area contributed by atoms with E-state index in [-0.39, 0.29) is 12.4 Å². The minimum absolute atomic E-state index is 0.0118. The second kappa shape index (κ2) is 4.75.